The van der Waals surface area contributed by atoms with E-state index in [2.05, 4.69) is 10.3 Å². The number of hydrogen-bond donors (Lipinski definition) is 1. The fourth-order valence-corrected chi connectivity index (χ4v) is 3.01. The highest BCUT2D eigenvalue weighted by molar-refractivity contribution is 6.13. The first-order valence-corrected chi connectivity index (χ1v) is 9.23. The Hall–Kier alpha value is -3.60. The maximum atomic E-state index is 13.2. The lowest BCUT2D eigenvalue weighted by Gasteiger charge is -2.13. The number of carbonyl (C=O) groups is 1. The van der Waals surface area contributed by atoms with Crippen molar-refractivity contribution in [3.63, 3.8) is 0 Å². The molecule has 1 amide bonds. The van der Waals surface area contributed by atoms with E-state index >= 15 is 0 Å². The number of benzene rings is 2. The van der Waals surface area contributed by atoms with Crippen molar-refractivity contribution in [1.82, 2.24) is 4.98 Å². The third-order valence-corrected chi connectivity index (χ3v) is 4.33. The van der Waals surface area contributed by atoms with Gasteiger partial charge in [-0.25, -0.2) is 4.98 Å². The number of hydrogen-bond acceptors (Lipinski definition) is 4. The van der Waals surface area contributed by atoms with Gasteiger partial charge in [-0.1, -0.05) is 37.3 Å². The van der Waals surface area contributed by atoms with Crippen LogP contribution in [-0.2, 0) is 0 Å². The third-order valence-electron chi connectivity index (χ3n) is 4.33. The van der Waals surface area contributed by atoms with Crippen LogP contribution in [0.2, 0.25) is 0 Å². The van der Waals surface area contributed by atoms with Gasteiger partial charge in [-0.05, 0) is 42.8 Å². The van der Waals surface area contributed by atoms with Gasteiger partial charge in [0.05, 0.1) is 29.6 Å². The van der Waals surface area contributed by atoms with E-state index < -0.39 is 0 Å². The molecule has 5 nitrogen and oxygen atoms in total. The maximum absolute atomic E-state index is 13.2. The van der Waals surface area contributed by atoms with Crippen LogP contribution < -0.4 is 10.1 Å². The van der Waals surface area contributed by atoms with Crippen molar-refractivity contribution in [2.75, 3.05) is 11.9 Å². The van der Waals surface area contributed by atoms with Gasteiger partial charge in [-0.2, -0.15) is 0 Å². The summed E-state index contributed by atoms with van der Waals surface area (Å²) in [6, 6.07) is 20.4. The van der Waals surface area contributed by atoms with Crippen LogP contribution in [0.3, 0.4) is 0 Å². The molecular formula is C23H20N2O3. The molecular weight excluding hydrogens is 352 g/mol. The van der Waals surface area contributed by atoms with Crippen LogP contribution in [0.1, 0.15) is 23.7 Å². The summed E-state index contributed by atoms with van der Waals surface area (Å²) in [7, 11) is 0. The van der Waals surface area contributed by atoms with Crippen LogP contribution in [0.25, 0.3) is 22.4 Å². The van der Waals surface area contributed by atoms with E-state index in [1.54, 1.807) is 18.4 Å². The number of nitrogens with zero attached hydrogens (tertiary/aromatic N) is 1. The average molecular weight is 372 g/mol. The minimum absolute atomic E-state index is 0.223. The fraction of sp³-hybridized carbons (Fsp3) is 0.130. The molecule has 0 bridgehead atoms. The predicted octanol–water partition coefficient (Wildman–Crippen LogP) is 5.54. The zero-order chi connectivity index (χ0) is 19.3. The molecule has 0 aliphatic carbocycles. The number of nitrogens with one attached hydrogen (secondary N) is 1. The highest BCUT2D eigenvalue weighted by atomic mass is 16.5. The lowest BCUT2D eigenvalue weighted by Crippen LogP contribution is -2.14. The van der Waals surface area contributed by atoms with Crippen molar-refractivity contribution in [2.24, 2.45) is 0 Å². The first-order valence-electron chi connectivity index (χ1n) is 9.23. The van der Waals surface area contributed by atoms with Crippen molar-refractivity contribution in [3.05, 3.63) is 78.6 Å². The summed E-state index contributed by atoms with van der Waals surface area (Å²) in [4.78, 5) is 17.8. The zero-order valence-corrected chi connectivity index (χ0v) is 15.5. The molecule has 4 rings (SSSR count). The Labute approximate surface area is 163 Å². The van der Waals surface area contributed by atoms with E-state index in [1.165, 1.54) is 0 Å². The highest BCUT2D eigenvalue weighted by Crippen LogP contribution is 2.28. The summed E-state index contributed by atoms with van der Waals surface area (Å²) in [5, 5.41) is 3.76. The third kappa shape index (κ3) is 3.60. The molecule has 0 spiro atoms. The van der Waals surface area contributed by atoms with Crippen LogP contribution in [0.15, 0.2) is 77.4 Å². The molecule has 0 unspecified atom stereocenters. The normalized spacial score (nSPS) is 10.8. The first-order chi connectivity index (χ1) is 13.8. The molecule has 140 valence electrons. The Morgan fingerprint density at radius 1 is 1.07 bits per heavy atom. The van der Waals surface area contributed by atoms with Gasteiger partial charge in [0.15, 0.2) is 5.76 Å². The fourth-order valence-electron chi connectivity index (χ4n) is 3.01. The summed E-state index contributed by atoms with van der Waals surface area (Å²) >= 11 is 0. The minimum Gasteiger partial charge on any atom is -0.491 e. The van der Waals surface area contributed by atoms with E-state index in [4.69, 9.17) is 9.15 Å². The minimum atomic E-state index is -0.223. The Balaban J connectivity index is 1.73. The molecule has 0 saturated heterocycles. The Kier molecular flexibility index (Phi) is 5.06. The summed E-state index contributed by atoms with van der Waals surface area (Å²) < 4.78 is 11.2. The van der Waals surface area contributed by atoms with Gasteiger partial charge in [0.25, 0.3) is 5.91 Å². The highest BCUT2D eigenvalue weighted by Gasteiger charge is 2.16. The molecule has 4 aromatic rings. The summed E-state index contributed by atoms with van der Waals surface area (Å²) in [5.74, 6) is 1.05. The zero-order valence-electron chi connectivity index (χ0n) is 15.5. The molecule has 2 aromatic heterocycles. The van der Waals surface area contributed by atoms with E-state index in [0.29, 0.717) is 35.1 Å². The van der Waals surface area contributed by atoms with Crippen LogP contribution >= 0.6 is 0 Å². The van der Waals surface area contributed by atoms with Gasteiger partial charge in [0, 0.05) is 5.39 Å². The second-order valence-electron chi connectivity index (χ2n) is 6.35. The Morgan fingerprint density at radius 3 is 2.71 bits per heavy atom. The first kappa shape index (κ1) is 17.8. The standard InChI is InChI=1S/C23H20N2O3/c1-2-13-27-21-11-6-5-10-19(21)25-23(26)17-15-20(22-12-7-14-28-22)24-18-9-4-3-8-16(17)18/h3-12,14-15H,2,13H2,1H3,(H,25,26). The monoisotopic (exact) mass is 372 g/mol. The second-order valence-corrected chi connectivity index (χ2v) is 6.35. The van der Waals surface area contributed by atoms with Crippen molar-refractivity contribution < 1.29 is 13.9 Å². The molecule has 2 heterocycles. The largest absolute Gasteiger partial charge is 0.491 e. The van der Waals surface area contributed by atoms with Crippen molar-refractivity contribution in [1.29, 1.82) is 0 Å². The van der Waals surface area contributed by atoms with Crippen LogP contribution in [0, 0.1) is 0 Å². The summed E-state index contributed by atoms with van der Waals surface area (Å²) in [6.45, 7) is 2.63. The van der Waals surface area contributed by atoms with Gasteiger partial charge in [-0.15, -0.1) is 0 Å². The number of pyridine rings is 1. The molecule has 5 heteroatoms. The molecule has 0 aliphatic rings. The Bertz CT molecular complexity index is 1100. The molecule has 0 saturated carbocycles. The number of carbonyl (C=O) groups excluding carboxylic acids is 1. The lowest BCUT2D eigenvalue weighted by molar-refractivity contribution is 0.102. The number of anilines is 1. The van der Waals surface area contributed by atoms with Crippen molar-refractivity contribution in [3.8, 4) is 17.2 Å². The van der Waals surface area contributed by atoms with Crippen molar-refractivity contribution >= 4 is 22.5 Å². The number of furan rings is 1. The van der Waals surface area contributed by atoms with E-state index in [0.717, 1.165) is 17.3 Å². The molecule has 0 atom stereocenters. The SMILES string of the molecule is CCCOc1ccccc1NC(=O)c1cc(-c2ccco2)nc2ccccc12. The second kappa shape index (κ2) is 7.96. The molecule has 2 aromatic carbocycles. The quantitative estimate of drug-likeness (QED) is 0.483. The smallest absolute Gasteiger partial charge is 0.256 e. The molecule has 0 radical (unpaired) electrons. The number of para-hydroxylation sites is 3. The molecule has 0 aliphatic heterocycles. The molecule has 28 heavy (non-hydrogen) atoms. The number of fused-ring (bicyclic) bond motifs is 1. The van der Waals surface area contributed by atoms with Gasteiger partial charge < -0.3 is 14.5 Å². The summed E-state index contributed by atoms with van der Waals surface area (Å²) in [5.41, 5.74) is 2.52. The predicted molar refractivity (Wildman–Crippen MR) is 110 cm³/mol. The maximum Gasteiger partial charge on any atom is 0.256 e. The molecule has 1 N–H and O–H groups in total. The number of amides is 1. The van der Waals surface area contributed by atoms with Gasteiger partial charge in [0.2, 0.25) is 0 Å². The number of ether oxygens (including phenoxy) is 1. The van der Waals surface area contributed by atoms with Gasteiger partial charge in [-0.3, -0.25) is 4.79 Å². The van der Waals surface area contributed by atoms with E-state index in [-0.39, 0.29) is 5.91 Å². The molecule has 0 fully saturated rings. The van der Waals surface area contributed by atoms with E-state index in [1.807, 2.05) is 61.5 Å². The van der Waals surface area contributed by atoms with Crippen LogP contribution in [0.5, 0.6) is 5.75 Å². The lowest BCUT2D eigenvalue weighted by atomic mass is 10.1. The average Bonchev–Trinajstić information content (AvgIpc) is 3.27. The van der Waals surface area contributed by atoms with Crippen molar-refractivity contribution in [2.45, 2.75) is 13.3 Å². The van der Waals surface area contributed by atoms with Crippen LogP contribution in [-0.4, -0.2) is 17.5 Å². The Morgan fingerprint density at radius 2 is 1.89 bits per heavy atom. The van der Waals surface area contributed by atoms with Crippen LogP contribution in [0.4, 0.5) is 5.69 Å². The van der Waals surface area contributed by atoms with Gasteiger partial charge in [0.1, 0.15) is 11.4 Å². The van der Waals surface area contributed by atoms with E-state index in [9.17, 15) is 4.79 Å². The number of aromatic nitrogens is 1. The summed E-state index contributed by atoms with van der Waals surface area (Å²) in [6.07, 6.45) is 2.48. The van der Waals surface area contributed by atoms with Gasteiger partial charge >= 0.3 is 0 Å². The number of rotatable bonds is 6. The topological polar surface area (TPSA) is 64.4 Å².